The van der Waals surface area contributed by atoms with Crippen molar-refractivity contribution in [1.29, 1.82) is 0 Å². The zero-order valence-electron chi connectivity index (χ0n) is 12.8. The van der Waals surface area contributed by atoms with Crippen molar-refractivity contribution in [2.75, 3.05) is 32.7 Å². The van der Waals surface area contributed by atoms with Crippen LogP contribution in [0.5, 0.6) is 0 Å². The molecular weight excluding hydrogens is 289 g/mol. The topological polar surface area (TPSA) is 6.48 Å². The van der Waals surface area contributed by atoms with Crippen molar-refractivity contribution in [3.8, 4) is 0 Å². The van der Waals surface area contributed by atoms with Crippen molar-refractivity contribution in [2.45, 2.75) is 38.4 Å². The summed E-state index contributed by atoms with van der Waals surface area (Å²) < 4.78 is 39.1. The zero-order valence-corrected chi connectivity index (χ0v) is 12.8. The molecular formula is C17H23F3N2. The van der Waals surface area contributed by atoms with Gasteiger partial charge in [0.15, 0.2) is 0 Å². The maximum atomic E-state index is 13.0. The smallest absolute Gasteiger partial charge is 0.302 e. The molecule has 0 aromatic heterocycles. The Morgan fingerprint density at radius 2 is 1.64 bits per heavy atom. The highest BCUT2D eigenvalue weighted by Crippen LogP contribution is 2.35. The molecule has 2 aliphatic rings. The molecule has 5 heteroatoms. The second-order valence-electron chi connectivity index (χ2n) is 6.37. The number of hydrogen-bond acceptors (Lipinski definition) is 2. The summed E-state index contributed by atoms with van der Waals surface area (Å²) in [5.41, 5.74) is 0.907. The van der Waals surface area contributed by atoms with Gasteiger partial charge in [-0.3, -0.25) is 4.90 Å². The van der Waals surface area contributed by atoms with E-state index in [-0.39, 0.29) is 0 Å². The fourth-order valence-corrected chi connectivity index (χ4v) is 3.59. The van der Waals surface area contributed by atoms with E-state index in [4.69, 9.17) is 0 Å². The van der Waals surface area contributed by atoms with Gasteiger partial charge >= 0.3 is 6.18 Å². The first kappa shape index (κ1) is 15.8. The number of rotatable bonds is 3. The summed E-state index contributed by atoms with van der Waals surface area (Å²) in [6, 6.07) is 4.59. The van der Waals surface area contributed by atoms with Gasteiger partial charge in [0.05, 0.1) is 5.56 Å². The Labute approximate surface area is 129 Å². The van der Waals surface area contributed by atoms with E-state index < -0.39 is 11.7 Å². The summed E-state index contributed by atoms with van der Waals surface area (Å²) in [6.45, 7) is 5.70. The quantitative estimate of drug-likeness (QED) is 0.842. The molecule has 0 radical (unpaired) electrons. The molecule has 1 saturated heterocycles. The zero-order chi connectivity index (χ0) is 15.6. The highest BCUT2D eigenvalue weighted by atomic mass is 19.4. The molecule has 0 unspecified atom stereocenters. The summed E-state index contributed by atoms with van der Waals surface area (Å²) >= 11 is 0. The Morgan fingerprint density at radius 1 is 0.909 bits per heavy atom. The first-order valence-corrected chi connectivity index (χ1v) is 8.17. The van der Waals surface area contributed by atoms with Crippen molar-refractivity contribution >= 4 is 0 Å². The summed E-state index contributed by atoms with van der Waals surface area (Å²) in [5, 5.41) is 0. The van der Waals surface area contributed by atoms with Gasteiger partial charge in [-0.2, -0.15) is 13.2 Å². The molecule has 2 aliphatic heterocycles. The van der Waals surface area contributed by atoms with Crippen LogP contribution in [0.25, 0.3) is 0 Å². The maximum Gasteiger partial charge on any atom is 0.416 e. The van der Waals surface area contributed by atoms with Crippen LogP contribution in [0.15, 0.2) is 18.2 Å². The van der Waals surface area contributed by atoms with Crippen LogP contribution in [0, 0.1) is 0 Å². The van der Waals surface area contributed by atoms with Crippen LogP contribution in [0.4, 0.5) is 13.2 Å². The first-order chi connectivity index (χ1) is 10.5. The molecule has 1 fully saturated rings. The molecule has 2 heterocycles. The lowest BCUT2D eigenvalue weighted by Crippen LogP contribution is -2.40. The molecule has 0 bridgehead atoms. The normalized spacial score (nSPS) is 20.9. The molecule has 1 aromatic carbocycles. The number of alkyl halides is 3. The van der Waals surface area contributed by atoms with Gasteiger partial charge in [-0.1, -0.05) is 18.6 Å². The second kappa shape index (κ2) is 6.59. The molecule has 22 heavy (non-hydrogen) atoms. The number of fused-ring (bicyclic) bond motifs is 1. The van der Waals surface area contributed by atoms with E-state index in [1.807, 2.05) is 6.07 Å². The van der Waals surface area contributed by atoms with Gasteiger partial charge in [-0.25, -0.2) is 0 Å². The van der Waals surface area contributed by atoms with Gasteiger partial charge in [0.25, 0.3) is 0 Å². The van der Waals surface area contributed by atoms with Crippen LogP contribution < -0.4 is 0 Å². The largest absolute Gasteiger partial charge is 0.416 e. The Morgan fingerprint density at radius 3 is 2.36 bits per heavy atom. The van der Waals surface area contributed by atoms with E-state index in [1.54, 1.807) is 0 Å². The van der Waals surface area contributed by atoms with E-state index in [2.05, 4.69) is 9.80 Å². The van der Waals surface area contributed by atoms with E-state index >= 15 is 0 Å². The third-order valence-electron chi connectivity index (χ3n) is 4.83. The van der Waals surface area contributed by atoms with Crippen molar-refractivity contribution in [2.24, 2.45) is 0 Å². The molecule has 0 saturated carbocycles. The van der Waals surface area contributed by atoms with E-state index in [0.29, 0.717) is 18.5 Å². The first-order valence-electron chi connectivity index (χ1n) is 8.17. The molecule has 1 aromatic rings. The SMILES string of the molecule is FC(F)(F)c1cccc2c1CCN(CCN1CCCCC1)C2. The van der Waals surface area contributed by atoms with E-state index in [9.17, 15) is 13.2 Å². The molecule has 0 spiro atoms. The van der Waals surface area contributed by atoms with Crippen molar-refractivity contribution in [3.63, 3.8) is 0 Å². The average molecular weight is 312 g/mol. The summed E-state index contributed by atoms with van der Waals surface area (Å²) in [5.74, 6) is 0. The number of nitrogens with zero attached hydrogens (tertiary/aromatic N) is 2. The molecule has 0 amide bonds. The molecule has 122 valence electrons. The van der Waals surface area contributed by atoms with Gasteiger partial charge in [-0.05, 0) is 49.5 Å². The van der Waals surface area contributed by atoms with Crippen molar-refractivity contribution < 1.29 is 13.2 Å². The maximum absolute atomic E-state index is 13.0. The third-order valence-corrected chi connectivity index (χ3v) is 4.83. The van der Waals surface area contributed by atoms with Crippen LogP contribution >= 0.6 is 0 Å². The number of hydrogen-bond donors (Lipinski definition) is 0. The van der Waals surface area contributed by atoms with Gasteiger partial charge in [0, 0.05) is 26.2 Å². The minimum atomic E-state index is -4.23. The van der Waals surface area contributed by atoms with E-state index in [0.717, 1.165) is 25.2 Å². The van der Waals surface area contributed by atoms with Gasteiger partial charge in [0.2, 0.25) is 0 Å². The molecule has 0 aliphatic carbocycles. The van der Waals surface area contributed by atoms with Gasteiger partial charge in [-0.15, -0.1) is 0 Å². The third kappa shape index (κ3) is 3.63. The van der Waals surface area contributed by atoms with Crippen molar-refractivity contribution in [1.82, 2.24) is 9.80 Å². The molecule has 0 atom stereocenters. The fourth-order valence-electron chi connectivity index (χ4n) is 3.59. The lowest BCUT2D eigenvalue weighted by Gasteiger charge is -2.33. The lowest BCUT2D eigenvalue weighted by atomic mass is 9.94. The Bertz CT molecular complexity index is 507. The van der Waals surface area contributed by atoms with Crippen LogP contribution in [0.3, 0.4) is 0 Å². The average Bonchev–Trinajstić information content (AvgIpc) is 2.52. The molecule has 0 N–H and O–H groups in total. The Kier molecular flexibility index (Phi) is 4.73. The lowest BCUT2D eigenvalue weighted by molar-refractivity contribution is -0.138. The number of piperidine rings is 1. The Hall–Kier alpha value is -1.07. The Balaban J connectivity index is 1.62. The minimum Gasteiger partial charge on any atom is -0.302 e. The standard InChI is InChI=1S/C17H23F3N2/c18-17(19,20)16-6-4-5-14-13-22(10-7-15(14)16)12-11-21-8-2-1-3-9-21/h4-6H,1-3,7-13H2. The summed E-state index contributed by atoms with van der Waals surface area (Å²) in [7, 11) is 0. The number of likely N-dealkylation sites (tertiary alicyclic amines) is 1. The second-order valence-corrected chi connectivity index (χ2v) is 6.37. The van der Waals surface area contributed by atoms with E-state index in [1.165, 1.54) is 44.5 Å². The van der Waals surface area contributed by atoms with Crippen LogP contribution in [-0.4, -0.2) is 42.5 Å². The highest BCUT2D eigenvalue weighted by Gasteiger charge is 2.35. The monoisotopic (exact) mass is 312 g/mol. The fraction of sp³-hybridized carbons (Fsp3) is 0.647. The summed E-state index contributed by atoms with van der Waals surface area (Å²) in [4.78, 5) is 4.77. The number of halogens is 3. The molecule has 2 nitrogen and oxygen atoms in total. The van der Waals surface area contributed by atoms with Crippen molar-refractivity contribution in [3.05, 3.63) is 34.9 Å². The number of benzene rings is 1. The summed E-state index contributed by atoms with van der Waals surface area (Å²) in [6.07, 6.45) is 0.149. The van der Waals surface area contributed by atoms with Crippen LogP contribution in [-0.2, 0) is 19.1 Å². The predicted octanol–water partition coefficient (Wildman–Crippen LogP) is 3.55. The van der Waals surface area contributed by atoms with Gasteiger partial charge in [0.1, 0.15) is 0 Å². The molecule has 3 rings (SSSR count). The predicted molar refractivity (Wildman–Crippen MR) is 80.7 cm³/mol. The highest BCUT2D eigenvalue weighted by molar-refractivity contribution is 5.38. The minimum absolute atomic E-state index is 0.444. The van der Waals surface area contributed by atoms with Gasteiger partial charge < -0.3 is 4.90 Å². The van der Waals surface area contributed by atoms with Crippen LogP contribution in [0.2, 0.25) is 0 Å². The van der Waals surface area contributed by atoms with Crippen LogP contribution in [0.1, 0.15) is 36.0 Å².